The van der Waals surface area contributed by atoms with Crippen molar-refractivity contribution in [3.8, 4) is 0 Å². The summed E-state index contributed by atoms with van der Waals surface area (Å²) < 4.78 is 40.4. The van der Waals surface area contributed by atoms with Gasteiger partial charge >= 0.3 is 0 Å². The standard InChI is InChI=1S/C13H17BrFNO3S/c1-16(11-4-2-3-5-12(11)17)20(18,19)13-7-6-9(14)8-10(13)15/h6-8,11-12,17H,2-5H2,1H3. The molecule has 112 valence electrons. The first-order chi connectivity index (χ1) is 9.34. The minimum atomic E-state index is -3.94. The molecule has 2 unspecified atom stereocenters. The summed E-state index contributed by atoms with van der Waals surface area (Å²) >= 11 is 3.10. The molecule has 0 saturated heterocycles. The predicted octanol–water partition coefficient (Wildman–Crippen LogP) is 2.51. The van der Waals surface area contributed by atoms with E-state index in [1.165, 1.54) is 19.2 Å². The van der Waals surface area contributed by atoms with Crippen molar-refractivity contribution >= 4 is 26.0 Å². The lowest BCUT2D eigenvalue weighted by molar-refractivity contribution is 0.0637. The Morgan fingerprint density at radius 3 is 2.60 bits per heavy atom. The second-order valence-corrected chi connectivity index (χ2v) is 7.90. The van der Waals surface area contributed by atoms with Crippen LogP contribution in [-0.2, 0) is 10.0 Å². The minimum absolute atomic E-state index is 0.360. The summed E-state index contributed by atoms with van der Waals surface area (Å²) in [6, 6.07) is 3.36. The Balaban J connectivity index is 2.33. The molecule has 4 nitrogen and oxygen atoms in total. The van der Waals surface area contributed by atoms with Crippen molar-refractivity contribution in [2.24, 2.45) is 0 Å². The first kappa shape index (κ1) is 15.9. The minimum Gasteiger partial charge on any atom is -0.391 e. The van der Waals surface area contributed by atoms with E-state index in [0.29, 0.717) is 17.3 Å². The molecular formula is C13H17BrFNO3S. The van der Waals surface area contributed by atoms with E-state index in [1.807, 2.05) is 0 Å². The highest BCUT2D eigenvalue weighted by molar-refractivity contribution is 9.10. The highest BCUT2D eigenvalue weighted by Crippen LogP contribution is 2.28. The van der Waals surface area contributed by atoms with Crippen LogP contribution in [0.15, 0.2) is 27.6 Å². The number of nitrogens with zero attached hydrogens (tertiary/aromatic N) is 1. The fourth-order valence-electron chi connectivity index (χ4n) is 2.53. The number of rotatable bonds is 3. The van der Waals surface area contributed by atoms with Gasteiger partial charge < -0.3 is 5.11 Å². The van der Waals surface area contributed by atoms with Crippen LogP contribution in [-0.4, -0.2) is 37.0 Å². The third-order valence-electron chi connectivity index (χ3n) is 3.71. The largest absolute Gasteiger partial charge is 0.391 e. The van der Waals surface area contributed by atoms with Crippen LogP contribution in [0.5, 0.6) is 0 Å². The number of sulfonamides is 1. The predicted molar refractivity (Wildman–Crippen MR) is 77.3 cm³/mol. The third kappa shape index (κ3) is 3.05. The summed E-state index contributed by atoms with van der Waals surface area (Å²) in [7, 11) is -2.54. The van der Waals surface area contributed by atoms with Crippen molar-refractivity contribution in [2.45, 2.75) is 42.7 Å². The maximum atomic E-state index is 13.9. The van der Waals surface area contributed by atoms with E-state index >= 15 is 0 Å². The monoisotopic (exact) mass is 365 g/mol. The molecule has 1 N–H and O–H groups in total. The van der Waals surface area contributed by atoms with Crippen molar-refractivity contribution in [2.75, 3.05) is 7.05 Å². The average molecular weight is 366 g/mol. The van der Waals surface area contributed by atoms with E-state index in [0.717, 1.165) is 23.2 Å². The Bertz CT molecular complexity index is 593. The number of aliphatic hydroxyl groups is 1. The average Bonchev–Trinajstić information content (AvgIpc) is 2.38. The van der Waals surface area contributed by atoms with Crippen LogP contribution in [0.3, 0.4) is 0 Å². The summed E-state index contributed by atoms with van der Waals surface area (Å²) in [4.78, 5) is -0.360. The molecule has 1 aliphatic rings. The lowest BCUT2D eigenvalue weighted by atomic mass is 9.93. The van der Waals surface area contributed by atoms with Gasteiger partial charge in [0.15, 0.2) is 0 Å². The molecule has 0 heterocycles. The Morgan fingerprint density at radius 1 is 1.35 bits per heavy atom. The molecule has 1 saturated carbocycles. The molecule has 0 aliphatic heterocycles. The van der Waals surface area contributed by atoms with Crippen molar-refractivity contribution < 1.29 is 17.9 Å². The molecule has 1 aromatic carbocycles. The van der Waals surface area contributed by atoms with Gasteiger partial charge in [0.2, 0.25) is 10.0 Å². The number of hydrogen-bond donors (Lipinski definition) is 1. The van der Waals surface area contributed by atoms with Gasteiger partial charge in [0.05, 0.1) is 12.1 Å². The first-order valence-corrected chi connectivity index (χ1v) is 8.68. The SMILES string of the molecule is CN(C1CCCCC1O)S(=O)(=O)c1ccc(Br)cc1F. The lowest BCUT2D eigenvalue weighted by Gasteiger charge is -2.34. The summed E-state index contributed by atoms with van der Waals surface area (Å²) in [5.41, 5.74) is 0. The Hall–Kier alpha value is -0.500. The Kier molecular flexibility index (Phi) is 4.84. The number of halogens is 2. The summed E-state index contributed by atoms with van der Waals surface area (Å²) in [6.07, 6.45) is 2.23. The molecule has 0 amide bonds. The van der Waals surface area contributed by atoms with Gasteiger partial charge in [0.1, 0.15) is 10.7 Å². The summed E-state index contributed by atoms with van der Waals surface area (Å²) in [6.45, 7) is 0. The second kappa shape index (κ2) is 6.09. The molecule has 0 spiro atoms. The van der Waals surface area contributed by atoms with Gasteiger partial charge in [-0.05, 0) is 31.0 Å². The summed E-state index contributed by atoms with van der Waals surface area (Å²) in [5, 5.41) is 9.96. The van der Waals surface area contributed by atoms with Gasteiger partial charge in [-0.3, -0.25) is 0 Å². The van der Waals surface area contributed by atoms with Gasteiger partial charge in [0.25, 0.3) is 0 Å². The molecule has 7 heteroatoms. The van der Waals surface area contributed by atoms with Crippen LogP contribution in [0.2, 0.25) is 0 Å². The van der Waals surface area contributed by atoms with E-state index in [-0.39, 0.29) is 4.90 Å². The van der Waals surface area contributed by atoms with Crippen molar-refractivity contribution in [3.05, 3.63) is 28.5 Å². The van der Waals surface area contributed by atoms with E-state index in [2.05, 4.69) is 15.9 Å². The van der Waals surface area contributed by atoms with Crippen LogP contribution >= 0.6 is 15.9 Å². The molecule has 0 radical (unpaired) electrons. The van der Waals surface area contributed by atoms with Crippen molar-refractivity contribution in [1.82, 2.24) is 4.31 Å². The third-order valence-corrected chi connectivity index (χ3v) is 6.12. The maximum absolute atomic E-state index is 13.9. The lowest BCUT2D eigenvalue weighted by Crippen LogP contribution is -2.46. The van der Waals surface area contributed by atoms with Crippen molar-refractivity contribution in [1.29, 1.82) is 0 Å². The normalized spacial score (nSPS) is 24.1. The fourth-order valence-corrected chi connectivity index (χ4v) is 4.32. The highest BCUT2D eigenvalue weighted by Gasteiger charge is 2.35. The van der Waals surface area contributed by atoms with Gasteiger partial charge in [-0.15, -0.1) is 0 Å². The smallest absolute Gasteiger partial charge is 0.246 e. The molecule has 2 rings (SSSR count). The van der Waals surface area contributed by atoms with Crippen LogP contribution in [0, 0.1) is 5.82 Å². The van der Waals surface area contributed by atoms with E-state index < -0.39 is 28.0 Å². The van der Waals surface area contributed by atoms with Crippen LogP contribution in [0.25, 0.3) is 0 Å². The zero-order valence-electron chi connectivity index (χ0n) is 11.1. The number of benzene rings is 1. The maximum Gasteiger partial charge on any atom is 0.246 e. The fraction of sp³-hybridized carbons (Fsp3) is 0.538. The summed E-state index contributed by atoms with van der Waals surface area (Å²) in [5.74, 6) is -0.795. The number of likely N-dealkylation sites (N-methyl/N-ethyl adjacent to an activating group) is 1. The quantitative estimate of drug-likeness (QED) is 0.895. The molecule has 1 fully saturated rings. The molecule has 2 atom stereocenters. The van der Waals surface area contributed by atoms with Crippen LogP contribution < -0.4 is 0 Å². The van der Waals surface area contributed by atoms with Crippen molar-refractivity contribution in [3.63, 3.8) is 0 Å². The van der Waals surface area contributed by atoms with Gasteiger partial charge in [-0.1, -0.05) is 28.8 Å². The van der Waals surface area contributed by atoms with Gasteiger partial charge in [-0.25, -0.2) is 12.8 Å². The van der Waals surface area contributed by atoms with E-state index in [9.17, 15) is 17.9 Å². The second-order valence-electron chi connectivity index (χ2n) is 5.02. The zero-order valence-corrected chi connectivity index (χ0v) is 13.5. The molecule has 0 aromatic heterocycles. The van der Waals surface area contributed by atoms with Crippen LogP contribution in [0.4, 0.5) is 4.39 Å². The molecule has 20 heavy (non-hydrogen) atoms. The first-order valence-electron chi connectivity index (χ1n) is 6.45. The molecular weight excluding hydrogens is 349 g/mol. The zero-order chi connectivity index (χ0) is 14.9. The van der Waals surface area contributed by atoms with Crippen LogP contribution in [0.1, 0.15) is 25.7 Å². The molecule has 1 aliphatic carbocycles. The number of hydrogen-bond acceptors (Lipinski definition) is 3. The Labute approximate surface area is 126 Å². The van der Waals surface area contributed by atoms with E-state index in [1.54, 1.807) is 0 Å². The topological polar surface area (TPSA) is 57.6 Å². The van der Waals surface area contributed by atoms with E-state index in [4.69, 9.17) is 0 Å². The number of aliphatic hydroxyl groups excluding tert-OH is 1. The van der Waals surface area contributed by atoms with Gasteiger partial charge in [-0.2, -0.15) is 4.31 Å². The molecule has 0 bridgehead atoms. The highest BCUT2D eigenvalue weighted by atomic mass is 79.9. The van der Waals surface area contributed by atoms with Gasteiger partial charge in [0, 0.05) is 11.5 Å². The Morgan fingerprint density at radius 2 is 2.00 bits per heavy atom. The molecule has 1 aromatic rings.